The predicted octanol–water partition coefficient (Wildman–Crippen LogP) is 3.58. The highest BCUT2D eigenvalue weighted by molar-refractivity contribution is 5.77. The first-order valence-corrected chi connectivity index (χ1v) is 6.92. The highest BCUT2D eigenvalue weighted by Gasteiger charge is 2.23. The largest absolute Gasteiger partial charge is 0.423 e. The van der Waals surface area contributed by atoms with E-state index < -0.39 is 4.92 Å². The number of non-ortho nitro benzene ring substituents is 1. The third-order valence-electron chi connectivity index (χ3n) is 4.14. The molecule has 1 aromatic carbocycles. The van der Waals surface area contributed by atoms with E-state index in [0.29, 0.717) is 23.0 Å². The van der Waals surface area contributed by atoms with Crippen molar-refractivity contribution in [1.82, 2.24) is 4.98 Å². The summed E-state index contributed by atoms with van der Waals surface area (Å²) >= 11 is 0. The van der Waals surface area contributed by atoms with Gasteiger partial charge in [-0.1, -0.05) is 19.8 Å². The van der Waals surface area contributed by atoms with Crippen molar-refractivity contribution in [1.29, 1.82) is 0 Å². The lowest BCUT2D eigenvalue weighted by molar-refractivity contribution is -0.384. The lowest BCUT2D eigenvalue weighted by Gasteiger charge is -2.14. The van der Waals surface area contributed by atoms with Crippen LogP contribution in [0.5, 0.6) is 0 Å². The van der Waals surface area contributed by atoms with Gasteiger partial charge in [0.1, 0.15) is 5.52 Å². The van der Waals surface area contributed by atoms with Crippen molar-refractivity contribution in [2.75, 3.05) is 11.9 Å². The van der Waals surface area contributed by atoms with Gasteiger partial charge in [0.05, 0.1) is 11.0 Å². The molecule has 1 saturated carbocycles. The fourth-order valence-corrected chi connectivity index (χ4v) is 2.85. The third kappa shape index (κ3) is 2.45. The SMILES string of the molecule is CC1CCCC1CNc1nc2ccc([N+](=O)[O-])cc2o1. The molecule has 1 N–H and O–H groups in total. The predicted molar refractivity (Wildman–Crippen MR) is 75.7 cm³/mol. The average Bonchev–Trinajstić information content (AvgIpc) is 3.00. The van der Waals surface area contributed by atoms with Gasteiger partial charge in [0.2, 0.25) is 0 Å². The van der Waals surface area contributed by atoms with Crippen LogP contribution in [-0.2, 0) is 0 Å². The van der Waals surface area contributed by atoms with E-state index in [9.17, 15) is 10.1 Å². The highest BCUT2D eigenvalue weighted by Crippen LogP contribution is 2.31. The van der Waals surface area contributed by atoms with Crippen LogP contribution in [0.25, 0.3) is 11.1 Å². The summed E-state index contributed by atoms with van der Waals surface area (Å²) in [6.45, 7) is 3.12. The maximum absolute atomic E-state index is 10.7. The smallest absolute Gasteiger partial charge is 0.295 e. The molecule has 1 aromatic heterocycles. The second-order valence-electron chi connectivity index (χ2n) is 5.48. The highest BCUT2D eigenvalue weighted by atomic mass is 16.6. The number of nitro benzene ring substituents is 1. The van der Waals surface area contributed by atoms with E-state index >= 15 is 0 Å². The quantitative estimate of drug-likeness (QED) is 0.681. The van der Waals surface area contributed by atoms with Crippen molar-refractivity contribution in [3.8, 4) is 0 Å². The molecule has 106 valence electrons. The third-order valence-corrected chi connectivity index (χ3v) is 4.14. The Hall–Kier alpha value is -2.11. The summed E-state index contributed by atoms with van der Waals surface area (Å²) in [6.07, 6.45) is 3.80. The number of aromatic nitrogens is 1. The van der Waals surface area contributed by atoms with Crippen LogP contribution < -0.4 is 5.32 Å². The van der Waals surface area contributed by atoms with E-state index in [2.05, 4.69) is 17.2 Å². The molecule has 1 heterocycles. The van der Waals surface area contributed by atoms with Gasteiger partial charge in [-0.25, -0.2) is 0 Å². The Bertz CT molecular complexity index is 638. The minimum absolute atomic E-state index is 0.0182. The van der Waals surface area contributed by atoms with Crippen molar-refractivity contribution in [2.24, 2.45) is 11.8 Å². The molecule has 0 bridgehead atoms. The van der Waals surface area contributed by atoms with E-state index in [1.165, 1.54) is 31.4 Å². The van der Waals surface area contributed by atoms with Crippen molar-refractivity contribution >= 4 is 22.8 Å². The van der Waals surface area contributed by atoms with Gasteiger partial charge in [0, 0.05) is 12.6 Å². The molecule has 6 heteroatoms. The Labute approximate surface area is 116 Å². The number of nitrogens with one attached hydrogen (secondary N) is 1. The summed E-state index contributed by atoms with van der Waals surface area (Å²) in [5, 5.41) is 13.9. The zero-order valence-corrected chi connectivity index (χ0v) is 11.3. The summed E-state index contributed by atoms with van der Waals surface area (Å²) in [7, 11) is 0. The van der Waals surface area contributed by atoms with Gasteiger partial charge in [-0.05, 0) is 24.3 Å². The van der Waals surface area contributed by atoms with Gasteiger partial charge in [-0.3, -0.25) is 10.1 Å². The molecule has 0 aliphatic heterocycles. The van der Waals surface area contributed by atoms with Crippen LogP contribution in [0, 0.1) is 22.0 Å². The second-order valence-corrected chi connectivity index (χ2v) is 5.48. The first-order chi connectivity index (χ1) is 9.63. The summed E-state index contributed by atoms with van der Waals surface area (Å²) in [4.78, 5) is 14.6. The Kier molecular flexibility index (Phi) is 3.30. The fourth-order valence-electron chi connectivity index (χ4n) is 2.85. The first kappa shape index (κ1) is 12.9. The number of benzene rings is 1. The number of rotatable bonds is 4. The molecule has 0 amide bonds. The molecule has 20 heavy (non-hydrogen) atoms. The number of nitrogens with zero attached hydrogens (tertiary/aromatic N) is 2. The van der Waals surface area contributed by atoms with Gasteiger partial charge in [-0.15, -0.1) is 0 Å². The van der Waals surface area contributed by atoms with Crippen LogP contribution in [0.2, 0.25) is 0 Å². The van der Waals surface area contributed by atoms with Gasteiger partial charge in [-0.2, -0.15) is 4.98 Å². The van der Waals surface area contributed by atoms with Crippen molar-refractivity contribution < 1.29 is 9.34 Å². The molecule has 6 nitrogen and oxygen atoms in total. The molecular formula is C14H17N3O3. The monoisotopic (exact) mass is 275 g/mol. The van der Waals surface area contributed by atoms with Crippen LogP contribution in [0.4, 0.5) is 11.7 Å². The van der Waals surface area contributed by atoms with Crippen LogP contribution in [0.15, 0.2) is 22.6 Å². The molecule has 2 atom stereocenters. The molecular weight excluding hydrogens is 258 g/mol. The minimum atomic E-state index is -0.435. The molecule has 3 rings (SSSR count). The standard InChI is InChI=1S/C14H17N3O3/c1-9-3-2-4-10(9)8-15-14-16-12-6-5-11(17(18)19)7-13(12)20-14/h5-7,9-10H,2-4,8H2,1H3,(H,15,16). The van der Waals surface area contributed by atoms with E-state index in [0.717, 1.165) is 12.5 Å². The Morgan fingerprint density at radius 2 is 2.35 bits per heavy atom. The van der Waals surface area contributed by atoms with Gasteiger partial charge in [0.25, 0.3) is 11.7 Å². The average molecular weight is 275 g/mol. The van der Waals surface area contributed by atoms with Crippen molar-refractivity contribution in [2.45, 2.75) is 26.2 Å². The Morgan fingerprint density at radius 1 is 1.50 bits per heavy atom. The van der Waals surface area contributed by atoms with Crippen LogP contribution >= 0.6 is 0 Å². The molecule has 1 fully saturated rings. The van der Waals surface area contributed by atoms with E-state index in [1.54, 1.807) is 6.07 Å². The normalized spacial score (nSPS) is 22.2. The minimum Gasteiger partial charge on any atom is -0.423 e. The lowest BCUT2D eigenvalue weighted by atomic mass is 9.98. The Balaban J connectivity index is 1.74. The zero-order valence-electron chi connectivity index (χ0n) is 11.3. The fraction of sp³-hybridized carbons (Fsp3) is 0.500. The summed E-state index contributed by atoms with van der Waals surface area (Å²) < 4.78 is 5.53. The van der Waals surface area contributed by atoms with Gasteiger partial charge >= 0.3 is 0 Å². The topological polar surface area (TPSA) is 81.2 Å². The molecule has 2 unspecified atom stereocenters. The lowest BCUT2D eigenvalue weighted by Crippen LogP contribution is -2.16. The molecule has 0 spiro atoms. The van der Waals surface area contributed by atoms with Crippen LogP contribution in [0.3, 0.4) is 0 Å². The summed E-state index contributed by atoms with van der Waals surface area (Å²) in [6, 6.07) is 4.90. The molecule has 0 radical (unpaired) electrons. The Morgan fingerprint density at radius 3 is 3.05 bits per heavy atom. The molecule has 0 saturated heterocycles. The second kappa shape index (κ2) is 5.11. The van der Waals surface area contributed by atoms with Crippen molar-refractivity contribution in [3.63, 3.8) is 0 Å². The first-order valence-electron chi connectivity index (χ1n) is 6.92. The van der Waals surface area contributed by atoms with Gasteiger partial charge < -0.3 is 9.73 Å². The number of hydrogen-bond donors (Lipinski definition) is 1. The summed E-state index contributed by atoms with van der Waals surface area (Å²) in [5.41, 5.74) is 1.10. The van der Waals surface area contributed by atoms with E-state index in [4.69, 9.17) is 4.42 Å². The van der Waals surface area contributed by atoms with Gasteiger partial charge in [0.15, 0.2) is 5.58 Å². The van der Waals surface area contributed by atoms with E-state index in [1.807, 2.05) is 0 Å². The maximum atomic E-state index is 10.7. The zero-order chi connectivity index (χ0) is 14.1. The maximum Gasteiger partial charge on any atom is 0.295 e. The van der Waals surface area contributed by atoms with E-state index in [-0.39, 0.29) is 5.69 Å². The number of anilines is 1. The molecule has 1 aliphatic carbocycles. The number of hydrogen-bond acceptors (Lipinski definition) is 5. The van der Waals surface area contributed by atoms with Crippen molar-refractivity contribution in [3.05, 3.63) is 28.3 Å². The molecule has 1 aliphatic rings. The van der Waals surface area contributed by atoms with Crippen LogP contribution in [-0.4, -0.2) is 16.5 Å². The number of fused-ring (bicyclic) bond motifs is 1. The number of oxazole rings is 1. The molecule has 2 aromatic rings. The van der Waals surface area contributed by atoms with Crippen LogP contribution in [0.1, 0.15) is 26.2 Å². The number of nitro groups is 1. The summed E-state index contributed by atoms with van der Waals surface area (Å²) in [5.74, 6) is 1.38.